The highest BCUT2D eigenvalue weighted by Gasteiger charge is 2.04. The number of benzene rings is 2. The van der Waals surface area contributed by atoms with Gasteiger partial charge in [-0.25, -0.2) is 0 Å². The molecule has 0 aliphatic carbocycles. The number of rotatable bonds is 7. The number of aromatic nitrogens is 1. The highest BCUT2D eigenvalue weighted by Crippen LogP contribution is 2.20. The molecule has 0 fully saturated rings. The van der Waals surface area contributed by atoms with Gasteiger partial charge in [0.05, 0.1) is 0 Å². The second-order valence-electron chi connectivity index (χ2n) is 5.49. The van der Waals surface area contributed by atoms with E-state index in [0.29, 0.717) is 6.61 Å². The van der Waals surface area contributed by atoms with Gasteiger partial charge in [0.25, 0.3) is 0 Å². The van der Waals surface area contributed by atoms with Crippen LogP contribution < -0.4 is 10.1 Å². The molecule has 0 saturated heterocycles. The van der Waals surface area contributed by atoms with Crippen molar-refractivity contribution in [1.29, 1.82) is 0 Å². The molecule has 0 unspecified atom stereocenters. The first-order valence-electron chi connectivity index (χ1n) is 7.86. The quantitative estimate of drug-likeness (QED) is 0.683. The van der Waals surface area contributed by atoms with E-state index in [4.69, 9.17) is 16.3 Å². The maximum Gasteiger partial charge on any atom is 0.124 e. The third-order valence-electron chi connectivity index (χ3n) is 3.65. The highest BCUT2D eigenvalue weighted by molar-refractivity contribution is 6.30. The van der Waals surface area contributed by atoms with Crippen LogP contribution in [-0.4, -0.2) is 4.98 Å². The van der Waals surface area contributed by atoms with Crippen LogP contribution in [0.4, 0.5) is 0 Å². The molecule has 0 aliphatic rings. The third kappa shape index (κ3) is 4.82. The molecule has 1 heterocycles. The van der Waals surface area contributed by atoms with Gasteiger partial charge in [0.2, 0.25) is 0 Å². The van der Waals surface area contributed by atoms with Crippen LogP contribution in [0.15, 0.2) is 73.1 Å². The lowest BCUT2D eigenvalue weighted by molar-refractivity contribution is 0.302. The van der Waals surface area contributed by atoms with Crippen molar-refractivity contribution in [2.24, 2.45) is 0 Å². The van der Waals surface area contributed by atoms with Gasteiger partial charge in [0.1, 0.15) is 12.4 Å². The molecule has 3 aromatic rings. The zero-order valence-corrected chi connectivity index (χ0v) is 14.0. The second kappa shape index (κ2) is 8.48. The van der Waals surface area contributed by atoms with Gasteiger partial charge in [-0.1, -0.05) is 41.9 Å². The van der Waals surface area contributed by atoms with Crippen molar-refractivity contribution in [2.45, 2.75) is 19.7 Å². The Morgan fingerprint density at radius 1 is 0.875 bits per heavy atom. The number of para-hydroxylation sites is 1. The molecule has 1 N–H and O–H groups in total. The van der Waals surface area contributed by atoms with Gasteiger partial charge in [-0.2, -0.15) is 0 Å². The molecule has 0 bridgehead atoms. The largest absolute Gasteiger partial charge is 0.489 e. The maximum absolute atomic E-state index is 6.01. The Balaban J connectivity index is 1.58. The summed E-state index contributed by atoms with van der Waals surface area (Å²) in [6.07, 6.45) is 3.61. The summed E-state index contributed by atoms with van der Waals surface area (Å²) in [6.45, 7) is 2.04. The first kappa shape index (κ1) is 16.5. The number of hydrogen-bond donors (Lipinski definition) is 1. The maximum atomic E-state index is 6.01. The fourth-order valence-electron chi connectivity index (χ4n) is 2.42. The Labute approximate surface area is 147 Å². The van der Waals surface area contributed by atoms with E-state index >= 15 is 0 Å². The molecule has 3 nitrogen and oxygen atoms in total. The zero-order valence-electron chi connectivity index (χ0n) is 13.3. The third-order valence-corrected chi connectivity index (χ3v) is 3.89. The van der Waals surface area contributed by atoms with Crippen LogP contribution in [0.25, 0.3) is 0 Å². The minimum Gasteiger partial charge on any atom is -0.489 e. The number of hydrogen-bond acceptors (Lipinski definition) is 3. The lowest BCUT2D eigenvalue weighted by atomic mass is 10.2. The number of nitrogens with one attached hydrogen (secondary N) is 1. The Morgan fingerprint density at radius 2 is 1.71 bits per heavy atom. The second-order valence-corrected chi connectivity index (χ2v) is 5.92. The molecule has 0 spiro atoms. The summed E-state index contributed by atoms with van der Waals surface area (Å²) in [7, 11) is 0. The summed E-state index contributed by atoms with van der Waals surface area (Å²) in [5.74, 6) is 0.889. The first-order valence-corrected chi connectivity index (χ1v) is 8.24. The van der Waals surface area contributed by atoms with E-state index in [0.717, 1.165) is 35.0 Å². The Hall–Kier alpha value is -2.36. The summed E-state index contributed by atoms with van der Waals surface area (Å²) in [5, 5.41) is 4.16. The van der Waals surface area contributed by atoms with Crippen LogP contribution in [0.5, 0.6) is 5.75 Å². The van der Waals surface area contributed by atoms with Crippen molar-refractivity contribution in [3.05, 3.63) is 94.8 Å². The fraction of sp³-hybridized carbons (Fsp3) is 0.150. The van der Waals surface area contributed by atoms with Crippen molar-refractivity contribution < 1.29 is 4.74 Å². The van der Waals surface area contributed by atoms with E-state index in [1.165, 1.54) is 5.56 Å². The average Bonchev–Trinajstić information content (AvgIpc) is 2.62. The van der Waals surface area contributed by atoms with Gasteiger partial charge in [0.15, 0.2) is 0 Å². The fourth-order valence-corrected chi connectivity index (χ4v) is 2.63. The van der Waals surface area contributed by atoms with E-state index in [1.54, 1.807) is 12.4 Å². The van der Waals surface area contributed by atoms with Crippen LogP contribution >= 0.6 is 11.6 Å². The molecule has 4 heteroatoms. The molecule has 1 aromatic heterocycles. The van der Waals surface area contributed by atoms with Crippen LogP contribution in [0, 0.1) is 0 Å². The Bertz CT molecular complexity index is 777. The Kier molecular flexibility index (Phi) is 5.83. The molecular weight excluding hydrogens is 320 g/mol. The number of halogens is 1. The van der Waals surface area contributed by atoms with E-state index < -0.39 is 0 Å². The van der Waals surface area contributed by atoms with E-state index in [9.17, 15) is 0 Å². The van der Waals surface area contributed by atoms with Crippen LogP contribution in [-0.2, 0) is 19.7 Å². The predicted octanol–water partition coefficient (Wildman–Crippen LogP) is 4.60. The van der Waals surface area contributed by atoms with Crippen molar-refractivity contribution >= 4 is 11.6 Å². The molecule has 24 heavy (non-hydrogen) atoms. The monoisotopic (exact) mass is 338 g/mol. The molecule has 0 aliphatic heterocycles. The van der Waals surface area contributed by atoms with Crippen molar-refractivity contribution in [3.63, 3.8) is 0 Å². The minimum atomic E-state index is 0.502. The van der Waals surface area contributed by atoms with Gasteiger partial charge in [-0.15, -0.1) is 0 Å². The Morgan fingerprint density at radius 3 is 2.54 bits per heavy atom. The minimum absolute atomic E-state index is 0.502. The summed E-state index contributed by atoms with van der Waals surface area (Å²) in [6, 6.07) is 19.8. The number of nitrogens with zero attached hydrogens (tertiary/aromatic N) is 1. The molecule has 0 radical (unpaired) electrons. The van der Waals surface area contributed by atoms with E-state index in [2.05, 4.69) is 16.4 Å². The first-order chi connectivity index (χ1) is 11.8. The SMILES string of the molecule is Clc1cccc(COc2ccccc2CNCc2ccncc2)c1. The predicted molar refractivity (Wildman–Crippen MR) is 97.0 cm³/mol. The smallest absolute Gasteiger partial charge is 0.124 e. The molecule has 122 valence electrons. The standard InChI is InChI=1S/C20H19ClN2O/c21-19-6-3-4-17(12-19)15-24-20-7-2-1-5-18(20)14-23-13-16-8-10-22-11-9-16/h1-12,23H,13-15H2. The van der Waals surface area contributed by atoms with Crippen LogP contribution in [0.3, 0.4) is 0 Å². The topological polar surface area (TPSA) is 34.1 Å². The average molecular weight is 339 g/mol. The molecular formula is C20H19ClN2O. The van der Waals surface area contributed by atoms with Gasteiger partial charge < -0.3 is 10.1 Å². The zero-order chi connectivity index (χ0) is 16.6. The lowest BCUT2D eigenvalue weighted by Crippen LogP contribution is -2.13. The van der Waals surface area contributed by atoms with Crippen molar-refractivity contribution in [3.8, 4) is 5.75 Å². The summed E-state index contributed by atoms with van der Waals surface area (Å²) < 4.78 is 5.97. The van der Waals surface area contributed by atoms with E-state index in [-0.39, 0.29) is 0 Å². The van der Waals surface area contributed by atoms with Gasteiger partial charge >= 0.3 is 0 Å². The van der Waals surface area contributed by atoms with Crippen molar-refractivity contribution in [2.75, 3.05) is 0 Å². The van der Waals surface area contributed by atoms with Crippen LogP contribution in [0.1, 0.15) is 16.7 Å². The van der Waals surface area contributed by atoms with Gasteiger partial charge in [0, 0.05) is 36.1 Å². The summed E-state index contributed by atoms with van der Waals surface area (Å²) in [5.41, 5.74) is 3.40. The number of pyridine rings is 1. The molecule has 3 rings (SSSR count). The summed E-state index contributed by atoms with van der Waals surface area (Å²) in [4.78, 5) is 4.03. The van der Waals surface area contributed by atoms with Crippen LogP contribution in [0.2, 0.25) is 5.02 Å². The van der Waals surface area contributed by atoms with E-state index in [1.807, 2.05) is 54.6 Å². The van der Waals surface area contributed by atoms with Gasteiger partial charge in [-0.05, 0) is 41.5 Å². The lowest BCUT2D eigenvalue weighted by Gasteiger charge is -2.12. The highest BCUT2D eigenvalue weighted by atomic mass is 35.5. The normalized spacial score (nSPS) is 10.5. The van der Waals surface area contributed by atoms with Crippen molar-refractivity contribution in [1.82, 2.24) is 10.3 Å². The summed E-state index contributed by atoms with van der Waals surface area (Å²) >= 11 is 6.01. The molecule has 0 saturated carbocycles. The number of ether oxygens (including phenoxy) is 1. The molecule has 0 amide bonds. The molecule has 2 aromatic carbocycles. The van der Waals surface area contributed by atoms with Gasteiger partial charge in [-0.3, -0.25) is 4.98 Å². The molecule has 0 atom stereocenters.